The van der Waals surface area contributed by atoms with Crippen molar-refractivity contribution in [2.75, 3.05) is 5.32 Å². The summed E-state index contributed by atoms with van der Waals surface area (Å²) in [4.78, 5) is 30.9. The molecule has 7 heteroatoms. The molecular formula is C18H18N4O3. The molecule has 0 aliphatic carbocycles. The van der Waals surface area contributed by atoms with E-state index in [4.69, 9.17) is 4.74 Å². The number of carbonyl (C=O) groups is 1. The van der Waals surface area contributed by atoms with E-state index in [-0.39, 0.29) is 30.2 Å². The topological polar surface area (TPSA) is 89.0 Å². The molecule has 3 aromatic rings. The Morgan fingerprint density at radius 1 is 1.32 bits per heavy atom. The van der Waals surface area contributed by atoms with Crippen molar-refractivity contribution in [3.05, 3.63) is 76.5 Å². The molecule has 0 aliphatic rings. The van der Waals surface area contributed by atoms with Gasteiger partial charge in [-0.15, -0.1) is 0 Å². The minimum absolute atomic E-state index is 0.0501. The summed E-state index contributed by atoms with van der Waals surface area (Å²) in [6.07, 6.45) is 4.73. The monoisotopic (exact) mass is 338 g/mol. The van der Waals surface area contributed by atoms with E-state index in [1.54, 1.807) is 30.1 Å². The number of aromatic nitrogens is 3. The number of hydrogen-bond acceptors (Lipinski definition) is 4. The highest BCUT2D eigenvalue weighted by atomic mass is 16.5. The van der Waals surface area contributed by atoms with Crippen molar-refractivity contribution in [2.24, 2.45) is 0 Å². The zero-order valence-corrected chi connectivity index (χ0v) is 13.7. The van der Waals surface area contributed by atoms with E-state index < -0.39 is 0 Å². The van der Waals surface area contributed by atoms with Crippen LogP contribution in [0.4, 0.5) is 5.95 Å². The largest absolute Gasteiger partial charge is 0.483 e. The van der Waals surface area contributed by atoms with Crippen LogP contribution >= 0.6 is 0 Å². The van der Waals surface area contributed by atoms with E-state index in [1.807, 2.05) is 30.3 Å². The van der Waals surface area contributed by atoms with Gasteiger partial charge in [-0.2, -0.15) is 0 Å². The zero-order chi connectivity index (χ0) is 17.6. The molecule has 7 nitrogen and oxygen atoms in total. The van der Waals surface area contributed by atoms with Crippen LogP contribution < -0.4 is 15.5 Å². The van der Waals surface area contributed by atoms with Gasteiger partial charge in [-0.25, -0.2) is 4.98 Å². The zero-order valence-electron chi connectivity index (χ0n) is 13.7. The van der Waals surface area contributed by atoms with Crippen LogP contribution in [0.1, 0.15) is 11.3 Å². The first-order valence-electron chi connectivity index (χ1n) is 7.79. The summed E-state index contributed by atoms with van der Waals surface area (Å²) >= 11 is 0. The number of nitrogens with zero attached hydrogens (tertiary/aromatic N) is 2. The Kier molecular flexibility index (Phi) is 4.94. The summed E-state index contributed by atoms with van der Waals surface area (Å²) in [7, 11) is 0. The van der Waals surface area contributed by atoms with Crippen LogP contribution in [0.15, 0.2) is 59.8 Å². The second kappa shape index (κ2) is 7.48. The predicted molar refractivity (Wildman–Crippen MR) is 93.4 cm³/mol. The Balaban J connectivity index is 1.71. The number of benzene rings is 1. The van der Waals surface area contributed by atoms with Crippen LogP contribution in [0.25, 0.3) is 0 Å². The van der Waals surface area contributed by atoms with Crippen molar-refractivity contribution in [2.45, 2.75) is 20.1 Å². The Labute approximate surface area is 144 Å². The van der Waals surface area contributed by atoms with Gasteiger partial charge in [0, 0.05) is 24.2 Å². The molecule has 128 valence electrons. The molecule has 0 unspecified atom stereocenters. The predicted octanol–water partition coefficient (Wildman–Crippen LogP) is 2.10. The number of amides is 1. The fourth-order valence-electron chi connectivity index (χ4n) is 2.32. The van der Waals surface area contributed by atoms with Gasteiger partial charge in [0.15, 0.2) is 5.75 Å². The molecule has 0 bridgehead atoms. The minimum atomic E-state index is -0.254. The van der Waals surface area contributed by atoms with E-state index in [9.17, 15) is 9.59 Å². The molecule has 0 spiro atoms. The quantitative estimate of drug-likeness (QED) is 0.720. The van der Waals surface area contributed by atoms with Crippen molar-refractivity contribution in [3.63, 3.8) is 0 Å². The molecule has 1 aromatic carbocycles. The van der Waals surface area contributed by atoms with Gasteiger partial charge in [0.2, 0.25) is 17.3 Å². The first-order valence-corrected chi connectivity index (χ1v) is 7.79. The lowest BCUT2D eigenvalue weighted by molar-refractivity contribution is -0.116. The summed E-state index contributed by atoms with van der Waals surface area (Å²) < 4.78 is 7.29. The van der Waals surface area contributed by atoms with Crippen LogP contribution in [0.5, 0.6) is 5.75 Å². The van der Waals surface area contributed by atoms with Gasteiger partial charge in [0.05, 0.1) is 6.20 Å². The lowest BCUT2D eigenvalue weighted by Crippen LogP contribution is -2.22. The number of anilines is 1. The Morgan fingerprint density at radius 3 is 2.84 bits per heavy atom. The summed E-state index contributed by atoms with van der Waals surface area (Å²) in [6.45, 7) is 2.11. The fourth-order valence-corrected chi connectivity index (χ4v) is 2.32. The molecule has 1 amide bonds. The highest BCUT2D eigenvalue weighted by Crippen LogP contribution is 2.10. The lowest BCUT2D eigenvalue weighted by atomic mass is 10.2. The van der Waals surface area contributed by atoms with Gasteiger partial charge in [0.1, 0.15) is 13.2 Å². The van der Waals surface area contributed by atoms with Crippen molar-refractivity contribution in [1.82, 2.24) is 14.5 Å². The molecule has 0 aliphatic heterocycles. The Morgan fingerprint density at radius 2 is 2.12 bits per heavy atom. The second-order valence-corrected chi connectivity index (χ2v) is 5.53. The highest BCUT2D eigenvalue weighted by Gasteiger charge is 2.10. The maximum Gasteiger partial charge on any atom is 0.246 e. The van der Waals surface area contributed by atoms with Gasteiger partial charge in [-0.3, -0.25) is 14.9 Å². The van der Waals surface area contributed by atoms with Crippen molar-refractivity contribution in [1.29, 1.82) is 0 Å². The lowest BCUT2D eigenvalue weighted by Gasteiger charge is -2.13. The third-order valence-electron chi connectivity index (χ3n) is 3.62. The average molecular weight is 338 g/mol. The standard InChI is InChI=1S/C18H18N4O3/c1-13-9-15(23)16(25-12-14-5-3-2-4-6-14)10-22(13)11-17(24)21-18-19-7-8-20-18/h2-10H,11-12H2,1H3,(H2,19,20,21,24). The molecule has 3 rings (SSSR count). The maximum atomic E-state index is 12.1. The molecule has 25 heavy (non-hydrogen) atoms. The second-order valence-electron chi connectivity index (χ2n) is 5.53. The Hall–Kier alpha value is -3.35. The van der Waals surface area contributed by atoms with Crippen molar-refractivity contribution < 1.29 is 9.53 Å². The van der Waals surface area contributed by atoms with E-state index in [0.717, 1.165) is 5.56 Å². The van der Waals surface area contributed by atoms with Gasteiger partial charge >= 0.3 is 0 Å². The van der Waals surface area contributed by atoms with Crippen molar-refractivity contribution >= 4 is 11.9 Å². The SMILES string of the molecule is Cc1cc(=O)c(OCc2ccccc2)cn1CC(=O)Nc1ncc[nH]1. The van der Waals surface area contributed by atoms with Gasteiger partial charge < -0.3 is 14.3 Å². The minimum Gasteiger partial charge on any atom is -0.483 e. The first-order chi connectivity index (χ1) is 12.1. The van der Waals surface area contributed by atoms with E-state index in [1.165, 1.54) is 6.07 Å². The molecule has 0 atom stereocenters. The fraction of sp³-hybridized carbons (Fsp3) is 0.167. The maximum absolute atomic E-state index is 12.1. The molecule has 2 N–H and O–H groups in total. The number of H-pyrrole nitrogens is 1. The van der Waals surface area contributed by atoms with Gasteiger partial charge in [-0.05, 0) is 12.5 Å². The third-order valence-corrected chi connectivity index (χ3v) is 3.62. The number of rotatable bonds is 6. The summed E-state index contributed by atoms with van der Waals surface area (Å²) in [5, 5.41) is 2.64. The highest BCUT2D eigenvalue weighted by molar-refractivity contribution is 5.88. The van der Waals surface area contributed by atoms with Crippen LogP contribution in [0, 0.1) is 6.92 Å². The molecule has 0 saturated heterocycles. The van der Waals surface area contributed by atoms with Crippen LogP contribution in [0.2, 0.25) is 0 Å². The number of aryl methyl sites for hydroxylation is 1. The number of carbonyl (C=O) groups excluding carboxylic acids is 1. The van der Waals surface area contributed by atoms with Gasteiger partial charge in [0.25, 0.3) is 0 Å². The van der Waals surface area contributed by atoms with E-state index in [0.29, 0.717) is 11.6 Å². The van der Waals surface area contributed by atoms with Gasteiger partial charge in [-0.1, -0.05) is 30.3 Å². The number of ether oxygens (including phenoxy) is 1. The van der Waals surface area contributed by atoms with E-state index in [2.05, 4.69) is 15.3 Å². The molecule has 0 fully saturated rings. The normalized spacial score (nSPS) is 10.4. The summed E-state index contributed by atoms with van der Waals surface area (Å²) in [5.74, 6) is 0.334. The van der Waals surface area contributed by atoms with Crippen LogP contribution in [-0.2, 0) is 17.9 Å². The molecule has 0 radical (unpaired) electrons. The number of hydrogen-bond donors (Lipinski definition) is 2. The smallest absolute Gasteiger partial charge is 0.246 e. The number of pyridine rings is 1. The first kappa shape index (κ1) is 16.5. The molecule has 2 aromatic heterocycles. The molecule has 0 saturated carbocycles. The van der Waals surface area contributed by atoms with Crippen LogP contribution in [-0.4, -0.2) is 20.4 Å². The third kappa shape index (κ3) is 4.35. The van der Waals surface area contributed by atoms with Crippen LogP contribution in [0.3, 0.4) is 0 Å². The van der Waals surface area contributed by atoms with E-state index >= 15 is 0 Å². The summed E-state index contributed by atoms with van der Waals surface area (Å²) in [5.41, 5.74) is 1.42. The molecule has 2 heterocycles. The summed E-state index contributed by atoms with van der Waals surface area (Å²) in [6, 6.07) is 11.0. The number of imidazole rings is 1. The average Bonchev–Trinajstić information content (AvgIpc) is 3.10. The number of nitrogens with one attached hydrogen (secondary N) is 2. The molecular weight excluding hydrogens is 320 g/mol. The number of aromatic amines is 1. The van der Waals surface area contributed by atoms with Crippen molar-refractivity contribution in [3.8, 4) is 5.75 Å². The Bertz CT molecular complexity index is 902.